The van der Waals surface area contributed by atoms with E-state index < -0.39 is 0 Å². The fourth-order valence-corrected chi connectivity index (χ4v) is 7.05. The summed E-state index contributed by atoms with van der Waals surface area (Å²) in [5.74, 6) is 2.06. The number of carbonyl (C=O) groups is 1. The molecule has 2 N–H and O–H groups in total. The van der Waals surface area contributed by atoms with Crippen LogP contribution < -0.4 is 29.9 Å². The summed E-state index contributed by atoms with van der Waals surface area (Å²) in [4.78, 5) is 27.7. The van der Waals surface area contributed by atoms with Crippen LogP contribution in [0, 0.1) is 0 Å². The number of rotatable bonds is 6. The first-order chi connectivity index (χ1) is 22.4. The number of ether oxygens (including phenoxy) is 4. The number of methoxy groups -OCH3 is 2. The molecule has 2 aromatic carbocycles. The molecule has 46 heavy (non-hydrogen) atoms. The second-order valence-corrected chi connectivity index (χ2v) is 12.7. The maximum absolute atomic E-state index is 13.6. The molecule has 240 valence electrons. The van der Waals surface area contributed by atoms with Gasteiger partial charge in [0.25, 0.3) is 0 Å². The summed E-state index contributed by atoms with van der Waals surface area (Å²) in [7, 11) is 5.29. The number of benzene rings is 2. The average Bonchev–Trinajstić information content (AvgIpc) is 3.64. The van der Waals surface area contributed by atoms with Crippen LogP contribution in [0.25, 0.3) is 11.2 Å². The first-order valence-corrected chi connectivity index (χ1v) is 16.0. The van der Waals surface area contributed by atoms with Crippen LogP contribution in [0.4, 0.5) is 27.7 Å². The third-order valence-electron chi connectivity index (χ3n) is 9.66. The summed E-state index contributed by atoms with van der Waals surface area (Å²) >= 11 is 0. The molecule has 5 heterocycles. The second kappa shape index (κ2) is 11.7. The predicted molar refractivity (Wildman–Crippen MR) is 175 cm³/mol. The highest BCUT2D eigenvalue weighted by molar-refractivity contribution is 5.95. The molecule has 0 spiro atoms. The van der Waals surface area contributed by atoms with Crippen molar-refractivity contribution in [3.8, 4) is 11.5 Å². The van der Waals surface area contributed by atoms with Crippen molar-refractivity contribution in [3.05, 3.63) is 59.9 Å². The lowest BCUT2D eigenvalue weighted by Crippen LogP contribution is -2.52. The number of hydrogen-bond acceptors (Lipinski definition) is 10. The smallest absolute Gasteiger partial charge is 0.328 e. The highest BCUT2D eigenvalue weighted by atomic mass is 16.5. The number of amides is 1. The molecule has 6 bridgehead atoms. The fourth-order valence-electron chi connectivity index (χ4n) is 7.05. The zero-order valence-corrected chi connectivity index (χ0v) is 26.4. The standard InChI is InChI=1S/C34H39N7O5/c1-39(15-21-4-5-24(43-2)13-30(21)44-3)28-14-31-36-22-10-20(11-23(12-22)40-16-25-6-7-26(17-40)46-25)18-45-29-9-8-27(29)37-34(42)41-19-35-32(28)33(41)38-31/h4-5,10-14,19,25-27,29H,6-9,15-18H2,1-3H3,(H,36,38)(H,37,42)/t25?,26?,27-,29-/m1/s1. The van der Waals surface area contributed by atoms with Gasteiger partial charge in [0.1, 0.15) is 29.2 Å². The van der Waals surface area contributed by atoms with Gasteiger partial charge >= 0.3 is 6.03 Å². The number of pyridine rings is 1. The van der Waals surface area contributed by atoms with E-state index in [1.807, 2.05) is 31.3 Å². The van der Waals surface area contributed by atoms with Gasteiger partial charge in [0.2, 0.25) is 0 Å². The highest BCUT2D eigenvalue weighted by Gasteiger charge is 2.35. The Morgan fingerprint density at radius 3 is 2.63 bits per heavy atom. The Morgan fingerprint density at radius 1 is 1.02 bits per heavy atom. The Bertz CT molecular complexity index is 1780. The van der Waals surface area contributed by atoms with Crippen LogP contribution >= 0.6 is 0 Å². The summed E-state index contributed by atoms with van der Waals surface area (Å²) in [5.41, 5.74) is 6.04. The van der Waals surface area contributed by atoms with Gasteiger partial charge in [-0.1, -0.05) is 0 Å². The van der Waals surface area contributed by atoms with E-state index in [-0.39, 0.29) is 30.4 Å². The molecule has 3 aliphatic heterocycles. The van der Waals surface area contributed by atoms with Crippen LogP contribution in [-0.4, -0.2) is 79.3 Å². The van der Waals surface area contributed by atoms with Crippen LogP contribution in [0.1, 0.15) is 36.8 Å². The fraction of sp³-hybridized carbons (Fsp3) is 0.441. The number of carbonyl (C=O) groups excluding carboxylic acids is 1. The van der Waals surface area contributed by atoms with Crippen molar-refractivity contribution in [3.63, 3.8) is 0 Å². The van der Waals surface area contributed by atoms with Crippen LogP contribution in [0.3, 0.4) is 0 Å². The quantitative estimate of drug-likeness (QED) is 0.309. The molecule has 0 radical (unpaired) electrons. The van der Waals surface area contributed by atoms with Crippen LogP contribution in [0.2, 0.25) is 0 Å². The molecule has 1 amide bonds. The van der Waals surface area contributed by atoms with Crippen molar-refractivity contribution in [1.29, 1.82) is 0 Å². The minimum Gasteiger partial charge on any atom is -0.497 e. The van der Waals surface area contributed by atoms with Crippen LogP contribution in [-0.2, 0) is 22.6 Å². The van der Waals surface area contributed by atoms with Crippen molar-refractivity contribution < 1.29 is 23.7 Å². The van der Waals surface area contributed by atoms with Crippen LogP contribution in [0.5, 0.6) is 11.5 Å². The first-order valence-electron chi connectivity index (χ1n) is 16.0. The Morgan fingerprint density at radius 2 is 1.87 bits per heavy atom. The maximum Gasteiger partial charge on any atom is 0.328 e. The van der Waals surface area contributed by atoms with E-state index in [2.05, 4.69) is 43.6 Å². The maximum atomic E-state index is 13.6. The van der Waals surface area contributed by atoms with E-state index in [0.717, 1.165) is 78.5 Å². The third kappa shape index (κ3) is 5.35. The van der Waals surface area contributed by atoms with Gasteiger partial charge in [-0.15, -0.1) is 0 Å². The summed E-state index contributed by atoms with van der Waals surface area (Å²) in [6.07, 6.45) is 6.04. The first kappa shape index (κ1) is 28.9. The number of aromatic nitrogens is 3. The number of morpholine rings is 1. The molecule has 2 aromatic heterocycles. The molecule has 12 heteroatoms. The number of fused-ring (bicyclic) bond motifs is 6. The molecule has 12 nitrogen and oxygen atoms in total. The molecule has 2 saturated heterocycles. The van der Waals surface area contributed by atoms with E-state index >= 15 is 0 Å². The Labute approximate surface area is 267 Å². The van der Waals surface area contributed by atoms with Gasteiger partial charge in [-0.2, -0.15) is 0 Å². The monoisotopic (exact) mass is 625 g/mol. The van der Waals surface area contributed by atoms with Gasteiger partial charge in [-0.05, 0) is 61.6 Å². The molecule has 8 rings (SSSR count). The summed E-state index contributed by atoms with van der Waals surface area (Å²) in [6.45, 7) is 2.75. The molecule has 4 atom stereocenters. The normalized spacial score (nSPS) is 23.6. The van der Waals surface area contributed by atoms with Gasteiger partial charge in [-0.25, -0.2) is 19.3 Å². The Hall–Kier alpha value is -4.55. The van der Waals surface area contributed by atoms with Crippen molar-refractivity contribution >= 4 is 40.1 Å². The summed E-state index contributed by atoms with van der Waals surface area (Å²) in [6, 6.07) is 14.0. The zero-order chi connectivity index (χ0) is 31.4. The van der Waals surface area contributed by atoms with E-state index in [1.54, 1.807) is 20.5 Å². The molecule has 1 saturated carbocycles. The lowest BCUT2D eigenvalue weighted by Gasteiger charge is -2.37. The van der Waals surface area contributed by atoms with E-state index in [1.165, 1.54) is 4.57 Å². The van der Waals surface area contributed by atoms with Crippen molar-refractivity contribution in [2.24, 2.45) is 0 Å². The molecular weight excluding hydrogens is 586 g/mol. The average molecular weight is 626 g/mol. The molecular formula is C34H39N7O5. The lowest BCUT2D eigenvalue weighted by atomic mass is 9.89. The second-order valence-electron chi connectivity index (χ2n) is 12.7. The van der Waals surface area contributed by atoms with E-state index in [4.69, 9.17) is 23.9 Å². The summed E-state index contributed by atoms with van der Waals surface area (Å²) in [5, 5.41) is 6.73. The van der Waals surface area contributed by atoms with E-state index in [9.17, 15) is 4.79 Å². The van der Waals surface area contributed by atoms with Gasteiger partial charge in [-0.3, -0.25) is 0 Å². The van der Waals surface area contributed by atoms with Gasteiger partial charge in [0, 0.05) is 55.8 Å². The minimum atomic E-state index is -0.268. The minimum absolute atomic E-state index is 0.0503. The topological polar surface area (TPSA) is 115 Å². The van der Waals surface area contributed by atoms with E-state index in [0.29, 0.717) is 30.1 Å². The number of anilines is 4. The highest BCUT2D eigenvalue weighted by Crippen LogP contribution is 2.36. The molecule has 1 aliphatic carbocycles. The Balaban J connectivity index is 1.20. The van der Waals surface area contributed by atoms with Gasteiger partial charge < -0.3 is 39.4 Å². The predicted octanol–water partition coefficient (Wildman–Crippen LogP) is 4.82. The number of nitrogens with one attached hydrogen (secondary N) is 2. The van der Waals surface area contributed by atoms with Crippen molar-refractivity contribution in [1.82, 2.24) is 19.9 Å². The molecule has 4 aliphatic rings. The largest absolute Gasteiger partial charge is 0.497 e. The Kier molecular flexibility index (Phi) is 7.33. The van der Waals surface area contributed by atoms with Crippen molar-refractivity contribution in [2.75, 3.05) is 49.5 Å². The lowest BCUT2D eigenvalue weighted by molar-refractivity contribution is -0.0323. The summed E-state index contributed by atoms with van der Waals surface area (Å²) < 4.78 is 25.1. The third-order valence-corrected chi connectivity index (χ3v) is 9.66. The van der Waals surface area contributed by atoms with Gasteiger partial charge in [0.05, 0.1) is 50.9 Å². The number of hydrogen-bond donors (Lipinski definition) is 2. The molecule has 4 aromatic rings. The van der Waals surface area contributed by atoms with Crippen LogP contribution in [0.15, 0.2) is 48.8 Å². The van der Waals surface area contributed by atoms with Crippen molar-refractivity contribution in [2.45, 2.75) is 63.2 Å². The molecule has 2 unspecified atom stereocenters. The zero-order valence-electron chi connectivity index (χ0n) is 26.4. The number of imidazole rings is 1. The number of nitrogens with zero attached hydrogens (tertiary/aromatic N) is 5. The molecule has 3 fully saturated rings. The van der Waals surface area contributed by atoms with Gasteiger partial charge in [0.15, 0.2) is 5.65 Å². The SMILES string of the molecule is COc1ccc(CN(C)c2cc3nc4c2ncn4C(=O)N[C@@H]2CC[C@H]2OCc2cc(cc(N4CC5CCC(C4)O5)c2)N3)c(OC)c1.